The van der Waals surface area contributed by atoms with Crippen LogP contribution in [0, 0.1) is 5.41 Å². The number of anilines is 3. The summed E-state index contributed by atoms with van der Waals surface area (Å²) in [5.41, 5.74) is 17.9. The van der Waals surface area contributed by atoms with E-state index in [0.717, 1.165) is 31.7 Å². The van der Waals surface area contributed by atoms with Crippen molar-refractivity contribution in [3.63, 3.8) is 0 Å². The minimum absolute atomic E-state index is 0.0205. The second-order valence-corrected chi connectivity index (χ2v) is 6.89. The van der Waals surface area contributed by atoms with Crippen LogP contribution in [0.2, 0.25) is 0 Å². The number of nitrogens with zero attached hydrogens (tertiary/aromatic N) is 4. The van der Waals surface area contributed by atoms with Crippen LogP contribution in [0.4, 0.5) is 26.4 Å². The summed E-state index contributed by atoms with van der Waals surface area (Å²) in [6.45, 7) is 3.46. The number of hydrogen-bond acceptors (Lipinski definition) is 9. The van der Waals surface area contributed by atoms with E-state index in [9.17, 15) is 13.6 Å². The number of halogens is 2. The predicted molar refractivity (Wildman–Crippen MR) is 117 cm³/mol. The van der Waals surface area contributed by atoms with Gasteiger partial charge in [0.15, 0.2) is 0 Å². The standard InChI is InChI=1S/C19H27F2N9O/c1-2-15(31)30-6-4-3-5-12(30)7-13(23)16-17(24)28-19(29-18(16)25)27-11(8-22)9-26-10-14(20)21/h2,8-9,12,14,23H,1,3-7,10,22H2,(H5,24,25,27,28,29). The molecular formula is C19H27F2N9O. The van der Waals surface area contributed by atoms with Crippen LogP contribution in [0.5, 0.6) is 0 Å². The molecule has 1 fully saturated rings. The van der Waals surface area contributed by atoms with E-state index in [1.54, 1.807) is 4.90 Å². The zero-order valence-corrected chi connectivity index (χ0v) is 17.0. The van der Waals surface area contributed by atoms with Crippen LogP contribution in [-0.2, 0) is 4.79 Å². The van der Waals surface area contributed by atoms with E-state index in [-0.39, 0.29) is 52.9 Å². The van der Waals surface area contributed by atoms with Crippen molar-refractivity contribution in [2.75, 3.05) is 29.9 Å². The summed E-state index contributed by atoms with van der Waals surface area (Å²) in [6.07, 6.45) is 3.76. The first kappa shape index (κ1) is 23.7. The summed E-state index contributed by atoms with van der Waals surface area (Å²) in [5.74, 6) is -0.256. The van der Waals surface area contributed by atoms with E-state index >= 15 is 0 Å². The molecule has 1 aromatic rings. The van der Waals surface area contributed by atoms with Gasteiger partial charge in [0.25, 0.3) is 6.43 Å². The maximum absolute atomic E-state index is 12.2. The Labute approximate surface area is 178 Å². The Morgan fingerprint density at radius 1 is 1.35 bits per heavy atom. The van der Waals surface area contributed by atoms with Gasteiger partial charge in [-0.15, -0.1) is 0 Å². The van der Waals surface area contributed by atoms with Crippen molar-refractivity contribution in [2.24, 2.45) is 10.7 Å². The van der Waals surface area contributed by atoms with E-state index in [0.29, 0.717) is 6.54 Å². The second-order valence-electron chi connectivity index (χ2n) is 6.89. The fourth-order valence-electron chi connectivity index (χ4n) is 3.30. The number of nitrogens with two attached hydrogens (primary N) is 3. The first-order chi connectivity index (χ1) is 14.8. The second kappa shape index (κ2) is 11.0. The quantitative estimate of drug-likeness (QED) is 0.289. The van der Waals surface area contributed by atoms with Gasteiger partial charge in [0.05, 0.1) is 17.8 Å². The number of aliphatic imine (C=N–C) groups is 1. The van der Waals surface area contributed by atoms with Gasteiger partial charge in [-0.05, 0) is 25.3 Å². The van der Waals surface area contributed by atoms with Crippen molar-refractivity contribution in [1.29, 1.82) is 5.41 Å². The fraction of sp³-hybridized carbons (Fsp3) is 0.421. The summed E-state index contributed by atoms with van der Waals surface area (Å²) in [5, 5.41) is 11.2. The third-order valence-electron chi connectivity index (χ3n) is 4.70. The molecule has 0 aliphatic carbocycles. The average Bonchev–Trinajstić information content (AvgIpc) is 2.72. The van der Waals surface area contributed by atoms with Crippen molar-refractivity contribution in [3.05, 3.63) is 30.1 Å². The number of piperidine rings is 1. The molecule has 0 spiro atoms. The van der Waals surface area contributed by atoms with Crippen molar-refractivity contribution >= 4 is 35.4 Å². The number of aromatic nitrogens is 2. The van der Waals surface area contributed by atoms with E-state index < -0.39 is 13.0 Å². The molecule has 2 heterocycles. The lowest BCUT2D eigenvalue weighted by atomic mass is 9.94. The SMILES string of the molecule is C=CC(=O)N1CCCCC1CC(=N)c1c(N)nc(NC(C=NCC(F)F)=CN)nc1N. The molecule has 1 amide bonds. The zero-order valence-electron chi connectivity index (χ0n) is 17.0. The Bertz CT molecular complexity index is 862. The Kier molecular flexibility index (Phi) is 8.41. The van der Waals surface area contributed by atoms with E-state index in [4.69, 9.17) is 22.6 Å². The molecule has 0 bridgehead atoms. The van der Waals surface area contributed by atoms with Gasteiger partial charge in [0, 0.05) is 37.1 Å². The molecule has 8 N–H and O–H groups in total. The van der Waals surface area contributed by atoms with Crippen molar-refractivity contribution < 1.29 is 13.6 Å². The lowest BCUT2D eigenvalue weighted by Crippen LogP contribution is -2.44. The Hall–Kier alpha value is -3.57. The first-order valence-electron chi connectivity index (χ1n) is 9.67. The van der Waals surface area contributed by atoms with E-state index in [2.05, 4.69) is 26.9 Å². The molecule has 0 radical (unpaired) electrons. The monoisotopic (exact) mass is 435 g/mol. The molecule has 2 rings (SSSR count). The maximum Gasteiger partial charge on any atom is 0.257 e. The van der Waals surface area contributed by atoms with Crippen LogP contribution < -0.4 is 22.5 Å². The van der Waals surface area contributed by atoms with Gasteiger partial charge in [0.1, 0.15) is 11.6 Å². The maximum atomic E-state index is 12.2. The molecule has 1 unspecified atom stereocenters. The number of likely N-dealkylation sites (tertiary alicyclic amines) is 1. The lowest BCUT2D eigenvalue weighted by Gasteiger charge is -2.35. The fourth-order valence-corrected chi connectivity index (χ4v) is 3.30. The van der Waals surface area contributed by atoms with Gasteiger partial charge < -0.3 is 32.8 Å². The lowest BCUT2D eigenvalue weighted by molar-refractivity contribution is -0.129. The molecule has 0 saturated carbocycles. The van der Waals surface area contributed by atoms with Crippen molar-refractivity contribution in [2.45, 2.75) is 38.2 Å². The predicted octanol–water partition coefficient (Wildman–Crippen LogP) is 1.51. The van der Waals surface area contributed by atoms with Crippen LogP contribution in [0.3, 0.4) is 0 Å². The third kappa shape index (κ3) is 6.46. The van der Waals surface area contributed by atoms with Crippen LogP contribution in [0.1, 0.15) is 31.2 Å². The molecule has 12 heteroatoms. The summed E-state index contributed by atoms with van der Waals surface area (Å²) >= 11 is 0. The highest BCUT2D eigenvalue weighted by Gasteiger charge is 2.28. The number of amides is 1. The number of alkyl halides is 2. The van der Waals surface area contributed by atoms with Crippen molar-refractivity contribution in [1.82, 2.24) is 14.9 Å². The first-order valence-corrected chi connectivity index (χ1v) is 9.67. The van der Waals surface area contributed by atoms with Crippen LogP contribution in [0.25, 0.3) is 0 Å². The molecule has 1 atom stereocenters. The zero-order chi connectivity index (χ0) is 23.0. The Balaban J connectivity index is 2.15. The molecule has 10 nitrogen and oxygen atoms in total. The minimum atomic E-state index is -2.58. The van der Waals surface area contributed by atoms with Crippen molar-refractivity contribution in [3.8, 4) is 0 Å². The smallest absolute Gasteiger partial charge is 0.257 e. The van der Waals surface area contributed by atoms with E-state index in [1.807, 2.05) is 0 Å². The summed E-state index contributed by atoms with van der Waals surface area (Å²) in [6, 6.07) is -0.166. The highest BCUT2D eigenvalue weighted by Crippen LogP contribution is 2.25. The number of nitrogen functional groups attached to an aromatic ring is 2. The van der Waals surface area contributed by atoms with Crippen LogP contribution in [0.15, 0.2) is 29.5 Å². The molecule has 168 valence electrons. The Morgan fingerprint density at radius 3 is 2.61 bits per heavy atom. The number of hydrogen-bond donors (Lipinski definition) is 5. The minimum Gasteiger partial charge on any atom is -0.403 e. The van der Waals surface area contributed by atoms with Gasteiger partial charge in [0.2, 0.25) is 11.9 Å². The molecule has 1 aliphatic rings. The summed E-state index contributed by atoms with van der Waals surface area (Å²) in [7, 11) is 0. The molecule has 1 aromatic heterocycles. The molecule has 1 aliphatic heterocycles. The average molecular weight is 435 g/mol. The highest BCUT2D eigenvalue weighted by molar-refractivity contribution is 6.06. The van der Waals surface area contributed by atoms with Crippen LogP contribution in [-0.4, -0.2) is 58.3 Å². The van der Waals surface area contributed by atoms with Gasteiger partial charge in [-0.3, -0.25) is 9.79 Å². The molecule has 1 saturated heterocycles. The molecule has 31 heavy (non-hydrogen) atoms. The number of carbonyl (C=O) groups is 1. The number of nitrogens with one attached hydrogen (secondary N) is 2. The largest absolute Gasteiger partial charge is 0.403 e. The number of carbonyl (C=O) groups excluding carboxylic acids is 1. The molecule has 0 aromatic carbocycles. The summed E-state index contributed by atoms with van der Waals surface area (Å²) in [4.78, 5) is 25.5. The van der Waals surface area contributed by atoms with Gasteiger partial charge in [-0.2, -0.15) is 9.97 Å². The van der Waals surface area contributed by atoms with E-state index in [1.165, 1.54) is 6.08 Å². The van der Waals surface area contributed by atoms with Gasteiger partial charge in [-0.25, -0.2) is 8.78 Å². The topological polar surface area (TPSA) is 172 Å². The number of allylic oxidation sites excluding steroid dienone is 1. The Morgan fingerprint density at radius 2 is 2.03 bits per heavy atom. The number of rotatable bonds is 9. The normalized spacial score (nSPS) is 17.2. The molecular weight excluding hydrogens is 408 g/mol. The summed E-state index contributed by atoms with van der Waals surface area (Å²) < 4.78 is 24.4. The van der Waals surface area contributed by atoms with Gasteiger partial charge in [-0.1, -0.05) is 6.58 Å². The highest BCUT2D eigenvalue weighted by atomic mass is 19.3. The van der Waals surface area contributed by atoms with Crippen LogP contribution >= 0.6 is 0 Å². The third-order valence-corrected chi connectivity index (χ3v) is 4.70. The van der Waals surface area contributed by atoms with Gasteiger partial charge >= 0.3 is 0 Å².